The third-order valence-corrected chi connectivity index (χ3v) is 3.08. The Hall–Kier alpha value is -1.76. The average Bonchev–Trinajstić information content (AvgIpc) is 2.73. The summed E-state index contributed by atoms with van der Waals surface area (Å²) in [5.74, 6) is -2.58. The first-order valence-corrected chi connectivity index (χ1v) is 6.68. The van der Waals surface area contributed by atoms with Gasteiger partial charge >= 0.3 is 0 Å². The molecule has 0 fully saturated rings. The molecule has 0 saturated heterocycles. The van der Waals surface area contributed by atoms with Crippen molar-refractivity contribution in [3.8, 4) is 0 Å². The van der Waals surface area contributed by atoms with E-state index in [1.807, 2.05) is 13.1 Å². The predicted octanol–water partition coefficient (Wildman–Crippen LogP) is 2.66. The number of hydrogen-bond donors (Lipinski definition) is 1. The molecule has 0 unspecified atom stereocenters. The number of aryl methyl sites for hydroxylation is 1. The number of benzene rings is 1. The van der Waals surface area contributed by atoms with Gasteiger partial charge in [0.25, 0.3) is 5.91 Å². The first kappa shape index (κ1) is 14.6. The Balaban J connectivity index is 1.98. The molecule has 0 spiro atoms. The molecule has 1 aromatic heterocycles. The van der Waals surface area contributed by atoms with Crippen molar-refractivity contribution in [2.45, 2.75) is 13.5 Å². The number of halogens is 3. The number of hydrogen-bond acceptors (Lipinski definition) is 2. The molecule has 4 nitrogen and oxygen atoms in total. The van der Waals surface area contributed by atoms with Gasteiger partial charge in [0.15, 0.2) is 0 Å². The predicted molar refractivity (Wildman–Crippen MR) is 73.4 cm³/mol. The zero-order valence-corrected chi connectivity index (χ0v) is 12.2. The van der Waals surface area contributed by atoms with Gasteiger partial charge in [-0.05, 0) is 24.6 Å². The fraction of sp³-hybridized carbons (Fsp3) is 0.231. The molecule has 0 radical (unpaired) electrons. The molecule has 0 aliphatic heterocycles. The minimum absolute atomic E-state index is 0.231. The van der Waals surface area contributed by atoms with Crippen LogP contribution in [0.4, 0.5) is 8.78 Å². The van der Waals surface area contributed by atoms with Gasteiger partial charge in [-0.2, -0.15) is 5.10 Å². The summed E-state index contributed by atoms with van der Waals surface area (Å²) in [4.78, 5) is 11.8. The number of nitrogens with zero attached hydrogens (tertiary/aromatic N) is 2. The Morgan fingerprint density at radius 1 is 1.40 bits per heavy atom. The van der Waals surface area contributed by atoms with Crippen LogP contribution in [0.15, 0.2) is 29.0 Å². The van der Waals surface area contributed by atoms with Crippen LogP contribution in [0.5, 0.6) is 0 Å². The highest BCUT2D eigenvalue weighted by molar-refractivity contribution is 9.10. The molecule has 1 heterocycles. The van der Waals surface area contributed by atoms with Gasteiger partial charge in [-0.1, -0.05) is 15.9 Å². The third kappa shape index (κ3) is 3.41. The summed E-state index contributed by atoms with van der Waals surface area (Å²) in [7, 11) is 0. The third-order valence-electron chi connectivity index (χ3n) is 2.62. The van der Waals surface area contributed by atoms with E-state index < -0.39 is 23.1 Å². The minimum Gasteiger partial charge on any atom is -0.350 e. The molecule has 0 aliphatic rings. The van der Waals surface area contributed by atoms with Crippen LogP contribution < -0.4 is 5.32 Å². The Morgan fingerprint density at radius 3 is 2.60 bits per heavy atom. The molecule has 1 aromatic carbocycles. The number of carbonyl (C=O) groups is 1. The van der Waals surface area contributed by atoms with Crippen molar-refractivity contribution in [3.05, 3.63) is 51.8 Å². The van der Waals surface area contributed by atoms with Crippen LogP contribution in [-0.2, 0) is 6.54 Å². The summed E-state index contributed by atoms with van der Waals surface area (Å²) < 4.78 is 29.0. The van der Waals surface area contributed by atoms with Crippen LogP contribution in [0.3, 0.4) is 0 Å². The maximum absolute atomic E-state index is 13.6. The minimum atomic E-state index is -0.899. The van der Waals surface area contributed by atoms with E-state index >= 15 is 0 Å². The Bertz CT molecular complexity index is 619. The largest absolute Gasteiger partial charge is 0.350 e. The summed E-state index contributed by atoms with van der Waals surface area (Å²) in [5, 5.41) is 6.51. The molecule has 0 bridgehead atoms. The molecule has 2 rings (SSSR count). The van der Waals surface area contributed by atoms with Gasteiger partial charge in [0.05, 0.1) is 12.7 Å². The summed E-state index contributed by atoms with van der Waals surface area (Å²) in [6.45, 7) is 2.56. The lowest BCUT2D eigenvalue weighted by molar-refractivity contribution is 0.0943. The summed E-state index contributed by atoms with van der Waals surface area (Å²) in [6.07, 6.45) is 3.50. The van der Waals surface area contributed by atoms with E-state index in [9.17, 15) is 13.6 Å². The van der Waals surface area contributed by atoms with E-state index in [4.69, 9.17) is 0 Å². The lowest BCUT2D eigenvalue weighted by Gasteiger charge is -2.07. The van der Waals surface area contributed by atoms with Crippen LogP contribution in [-0.4, -0.2) is 22.2 Å². The van der Waals surface area contributed by atoms with Gasteiger partial charge in [0.1, 0.15) is 17.2 Å². The number of aromatic nitrogens is 2. The molecule has 0 aliphatic carbocycles. The molecule has 106 valence electrons. The summed E-state index contributed by atoms with van der Waals surface area (Å²) in [5.41, 5.74) is 0.422. The Labute approximate surface area is 122 Å². The monoisotopic (exact) mass is 343 g/mol. The smallest absolute Gasteiger partial charge is 0.257 e. The van der Waals surface area contributed by atoms with Crippen molar-refractivity contribution in [1.29, 1.82) is 0 Å². The zero-order valence-electron chi connectivity index (χ0n) is 10.7. The summed E-state index contributed by atoms with van der Waals surface area (Å²) >= 11 is 2.96. The maximum Gasteiger partial charge on any atom is 0.257 e. The molecule has 0 atom stereocenters. The highest BCUT2D eigenvalue weighted by Gasteiger charge is 2.17. The van der Waals surface area contributed by atoms with Gasteiger partial charge in [-0.15, -0.1) is 0 Å². The lowest BCUT2D eigenvalue weighted by Crippen LogP contribution is -2.29. The second kappa shape index (κ2) is 6.13. The van der Waals surface area contributed by atoms with Crippen molar-refractivity contribution >= 4 is 21.8 Å². The second-order valence-electron chi connectivity index (χ2n) is 4.28. The van der Waals surface area contributed by atoms with E-state index in [2.05, 4.69) is 26.3 Å². The Kier molecular flexibility index (Phi) is 4.49. The van der Waals surface area contributed by atoms with Crippen molar-refractivity contribution in [2.75, 3.05) is 6.54 Å². The molecule has 1 amide bonds. The molecule has 20 heavy (non-hydrogen) atoms. The lowest BCUT2D eigenvalue weighted by atomic mass is 10.2. The van der Waals surface area contributed by atoms with E-state index in [-0.39, 0.29) is 11.0 Å². The highest BCUT2D eigenvalue weighted by Crippen LogP contribution is 2.19. The van der Waals surface area contributed by atoms with Gasteiger partial charge in [0.2, 0.25) is 0 Å². The second-order valence-corrected chi connectivity index (χ2v) is 5.20. The topological polar surface area (TPSA) is 46.9 Å². The van der Waals surface area contributed by atoms with Crippen LogP contribution in [0.25, 0.3) is 0 Å². The van der Waals surface area contributed by atoms with E-state index in [1.54, 1.807) is 10.9 Å². The molecule has 2 aromatic rings. The maximum atomic E-state index is 13.6. The standard InChI is InChI=1S/C13H12BrF2N3O/c1-8-6-18-19(7-8)3-2-17-13(20)12-10(15)4-9(14)5-11(12)16/h4-7H,2-3H2,1H3,(H,17,20). The molecule has 0 saturated carbocycles. The molecule has 1 N–H and O–H groups in total. The van der Waals surface area contributed by atoms with E-state index in [1.165, 1.54) is 0 Å². The molecule has 7 heteroatoms. The molecular formula is C13H12BrF2N3O. The van der Waals surface area contributed by atoms with Gasteiger partial charge in [0, 0.05) is 17.2 Å². The summed E-state index contributed by atoms with van der Waals surface area (Å²) in [6, 6.07) is 2.10. The number of carbonyl (C=O) groups excluding carboxylic acids is 1. The normalized spacial score (nSPS) is 10.6. The van der Waals surface area contributed by atoms with E-state index in [0.29, 0.717) is 6.54 Å². The fourth-order valence-electron chi connectivity index (χ4n) is 1.72. The zero-order chi connectivity index (χ0) is 14.7. The van der Waals surface area contributed by atoms with Crippen molar-refractivity contribution in [1.82, 2.24) is 15.1 Å². The van der Waals surface area contributed by atoms with Crippen LogP contribution in [0.2, 0.25) is 0 Å². The number of nitrogens with one attached hydrogen (secondary N) is 1. The van der Waals surface area contributed by atoms with Gasteiger partial charge in [-0.3, -0.25) is 9.48 Å². The number of amides is 1. The first-order valence-electron chi connectivity index (χ1n) is 5.89. The number of rotatable bonds is 4. The van der Waals surface area contributed by atoms with Crippen molar-refractivity contribution < 1.29 is 13.6 Å². The van der Waals surface area contributed by atoms with Gasteiger partial charge < -0.3 is 5.32 Å². The average molecular weight is 344 g/mol. The Morgan fingerprint density at radius 2 is 2.05 bits per heavy atom. The first-order chi connectivity index (χ1) is 9.47. The SMILES string of the molecule is Cc1cnn(CCNC(=O)c2c(F)cc(Br)cc2F)c1. The fourth-order valence-corrected chi connectivity index (χ4v) is 2.12. The van der Waals surface area contributed by atoms with Crippen LogP contribution in [0.1, 0.15) is 15.9 Å². The highest BCUT2D eigenvalue weighted by atomic mass is 79.9. The van der Waals surface area contributed by atoms with Crippen LogP contribution in [0, 0.1) is 18.6 Å². The van der Waals surface area contributed by atoms with Crippen LogP contribution >= 0.6 is 15.9 Å². The van der Waals surface area contributed by atoms with Gasteiger partial charge in [-0.25, -0.2) is 8.78 Å². The van der Waals surface area contributed by atoms with E-state index in [0.717, 1.165) is 17.7 Å². The molecular weight excluding hydrogens is 332 g/mol. The van der Waals surface area contributed by atoms with Crippen molar-refractivity contribution in [3.63, 3.8) is 0 Å². The quantitative estimate of drug-likeness (QED) is 0.927. The van der Waals surface area contributed by atoms with Crippen molar-refractivity contribution in [2.24, 2.45) is 0 Å².